The van der Waals surface area contributed by atoms with E-state index in [0.29, 0.717) is 16.5 Å². The van der Waals surface area contributed by atoms with Crippen molar-refractivity contribution in [2.75, 3.05) is 19.6 Å². The summed E-state index contributed by atoms with van der Waals surface area (Å²) in [6.45, 7) is 0.138. The maximum atomic E-state index is 13.4. The van der Waals surface area contributed by atoms with Gasteiger partial charge in [0.2, 0.25) is 5.82 Å². The SMILES string of the molecule is C#Cc1ccc2[nH]c(S(=O)(=O)N3CCN(C(=O)c4ncc(-c5ccncc5)cn4)C(CC#N)C3)cc2c1. The Morgan fingerprint density at radius 1 is 1.11 bits per heavy atom. The van der Waals surface area contributed by atoms with Crippen molar-refractivity contribution in [3.8, 4) is 29.5 Å². The number of hydrogen-bond donors (Lipinski definition) is 1. The maximum absolute atomic E-state index is 13.4. The molecule has 1 saturated heterocycles. The van der Waals surface area contributed by atoms with Gasteiger partial charge in [0.15, 0.2) is 0 Å². The number of aromatic nitrogens is 4. The van der Waals surface area contributed by atoms with E-state index in [0.717, 1.165) is 11.1 Å². The fourth-order valence-corrected chi connectivity index (χ4v) is 5.81. The lowest BCUT2D eigenvalue weighted by atomic mass is 10.1. The second-order valence-corrected chi connectivity index (χ2v) is 10.4. The first-order chi connectivity index (χ1) is 17.9. The highest BCUT2D eigenvalue weighted by Gasteiger charge is 2.37. The number of pyridine rings is 1. The van der Waals surface area contributed by atoms with E-state index in [-0.39, 0.29) is 36.9 Å². The van der Waals surface area contributed by atoms with Gasteiger partial charge < -0.3 is 9.88 Å². The van der Waals surface area contributed by atoms with Crippen molar-refractivity contribution in [2.45, 2.75) is 17.5 Å². The van der Waals surface area contributed by atoms with Crippen molar-refractivity contribution in [1.29, 1.82) is 5.26 Å². The molecule has 11 heteroatoms. The van der Waals surface area contributed by atoms with Crippen LogP contribution in [0.15, 0.2) is 66.2 Å². The number of rotatable bonds is 5. The highest BCUT2D eigenvalue weighted by molar-refractivity contribution is 7.89. The molecule has 5 rings (SSSR count). The van der Waals surface area contributed by atoms with Gasteiger partial charge in [0.05, 0.1) is 18.5 Å². The summed E-state index contributed by atoms with van der Waals surface area (Å²) < 4.78 is 28.1. The van der Waals surface area contributed by atoms with Crippen molar-refractivity contribution >= 4 is 26.8 Å². The number of hydrogen-bond acceptors (Lipinski definition) is 7. The van der Waals surface area contributed by atoms with E-state index in [1.807, 2.05) is 12.1 Å². The van der Waals surface area contributed by atoms with E-state index in [1.54, 1.807) is 49.1 Å². The minimum atomic E-state index is -3.90. The molecule has 0 saturated carbocycles. The predicted molar refractivity (Wildman–Crippen MR) is 135 cm³/mol. The van der Waals surface area contributed by atoms with E-state index in [2.05, 4.69) is 31.9 Å². The topological polar surface area (TPSA) is 136 Å². The molecule has 37 heavy (non-hydrogen) atoms. The van der Waals surface area contributed by atoms with Crippen LogP contribution in [0.1, 0.15) is 22.6 Å². The molecule has 1 N–H and O–H groups in total. The largest absolute Gasteiger partial charge is 0.345 e. The Kier molecular flexibility index (Phi) is 6.40. The molecule has 4 aromatic rings. The van der Waals surface area contributed by atoms with Gasteiger partial charge in [-0.1, -0.05) is 5.92 Å². The number of fused-ring (bicyclic) bond motifs is 1. The summed E-state index contributed by atoms with van der Waals surface area (Å²) in [6.07, 6.45) is 11.8. The lowest BCUT2D eigenvalue weighted by Crippen LogP contribution is -2.56. The van der Waals surface area contributed by atoms with Crippen LogP contribution in [0.2, 0.25) is 0 Å². The summed E-state index contributed by atoms with van der Waals surface area (Å²) in [5.41, 5.74) is 2.89. The average Bonchev–Trinajstić information content (AvgIpc) is 3.38. The van der Waals surface area contributed by atoms with Crippen LogP contribution >= 0.6 is 0 Å². The van der Waals surface area contributed by atoms with Crippen LogP contribution < -0.4 is 0 Å². The minimum absolute atomic E-state index is 0.0167. The normalized spacial score (nSPS) is 16.3. The van der Waals surface area contributed by atoms with Crippen LogP contribution in [-0.4, -0.2) is 69.1 Å². The summed E-state index contributed by atoms with van der Waals surface area (Å²) >= 11 is 0. The number of aromatic amines is 1. The fraction of sp³-hybridized carbons (Fsp3) is 0.192. The molecule has 0 radical (unpaired) electrons. The Morgan fingerprint density at radius 2 is 1.86 bits per heavy atom. The molecule has 1 aliphatic rings. The third-order valence-corrected chi connectivity index (χ3v) is 8.06. The minimum Gasteiger partial charge on any atom is -0.345 e. The molecule has 1 amide bonds. The molecule has 3 aromatic heterocycles. The van der Waals surface area contributed by atoms with Crippen molar-refractivity contribution in [1.82, 2.24) is 29.1 Å². The van der Waals surface area contributed by atoms with Gasteiger partial charge in [0.25, 0.3) is 15.9 Å². The summed E-state index contributed by atoms with van der Waals surface area (Å²) in [7, 11) is -3.90. The molecule has 0 spiro atoms. The van der Waals surface area contributed by atoms with Crippen LogP contribution in [0.25, 0.3) is 22.0 Å². The van der Waals surface area contributed by atoms with Gasteiger partial charge in [-0.25, -0.2) is 18.4 Å². The number of H-pyrrole nitrogens is 1. The Labute approximate surface area is 213 Å². The number of piperazine rings is 1. The first-order valence-electron chi connectivity index (χ1n) is 11.4. The molecule has 1 unspecified atom stereocenters. The summed E-state index contributed by atoms with van der Waals surface area (Å²) in [5, 5.41) is 10.1. The smallest absolute Gasteiger partial charge is 0.292 e. The first kappa shape index (κ1) is 24.1. The standard InChI is InChI=1S/C26H21N7O3S/c1-2-18-3-4-23-20(13-18)14-24(31-23)37(35,36)32-11-12-33(22(17-32)5-8-27)26(34)25-29-15-21(16-30-25)19-6-9-28-10-7-19/h1,3-4,6-7,9-10,13-16,22,31H,5,11-12,17H2. The third kappa shape index (κ3) is 4.66. The average molecular weight is 512 g/mol. The van der Waals surface area contributed by atoms with E-state index in [1.165, 1.54) is 9.21 Å². The molecular weight excluding hydrogens is 490 g/mol. The number of nitrogens with one attached hydrogen (secondary N) is 1. The predicted octanol–water partition coefficient (Wildman–Crippen LogP) is 2.43. The highest BCUT2D eigenvalue weighted by Crippen LogP contribution is 2.26. The number of terminal acetylenes is 1. The number of nitriles is 1. The van der Waals surface area contributed by atoms with E-state index in [4.69, 9.17) is 6.42 Å². The van der Waals surface area contributed by atoms with Gasteiger partial charge in [0.1, 0.15) is 5.03 Å². The molecule has 1 fully saturated rings. The first-order valence-corrected chi connectivity index (χ1v) is 12.8. The molecule has 0 bridgehead atoms. The number of carbonyl (C=O) groups excluding carboxylic acids is 1. The Bertz CT molecular complexity index is 1650. The molecule has 1 atom stereocenters. The lowest BCUT2D eigenvalue weighted by Gasteiger charge is -2.39. The van der Waals surface area contributed by atoms with E-state index in [9.17, 15) is 18.5 Å². The number of benzene rings is 1. The van der Waals surface area contributed by atoms with Crippen molar-refractivity contribution in [3.05, 3.63) is 72.6 Å². The fourth-order valence-electron chi connectivity index (χ4n) is 4.33. The van der Waals surface area contributed by atoms with Gasteiger partial charge in [-0.05, 0) is 42.0 Å². The zero-order chi connectivity index (χ0) is 26.0. The zero-order valence-electron chi connectivity index (χ0n) is 19.6. The van der Waals surface area contributed by atoms with Crippen LogP contribution in [0.4, 0.5) is 0 Å². The molecule has 4 heterocycles. The Balaban J connectivity index is 1.36. The number of nitrogens with zero attached hydrogens (tertiary/aromatic N) is 6. The van der Waals surface area contributed by atoms with Crippen LogP contribution in [0.3, 0.4) is 0 Å². The van der Waals surface area contributed by atoms with E-state index >= 15 is 0 Å². The van der Waals surface area contributed by atoms with Crippen molar-refractivity contribution < 1.29 is 13.2 Å². The monoisotopic (exact) mass is 511 g/mol. The summed E-state index contributed by atoms with van der Waals surface area (Å²) in [4.78, 5) is 30.1. The van der Waals surface area contributed by atoms with Crippen LogP contribution in [-0.2, 0) is 10.0 Å². The number of sulfonamides is 1. The second kappa shape index (κ2) is 9.82. The molecular formula is C26H21N7O3S. The highest BCUT2D eigenvalue weighted by atomic mass is 32.2. The quantitative estimate of drug-likeness (QED) is 0.407. The van der Waals surface area contributed by atoms with E-state index < -0.39 is 22.0 Å². The van der Waals surface area contributed by atoms with Gasteiger partial charge in [-0.2, -0.15) is 9.57 Å². The molecule has 10 nitrogen and oxygen atoms in total. The van der Waals surface area contributed by atoms with Gasteiger partial charge in [-0.3, -0.25) is 9.78 Å². The molecule has 1 aliphatic heterocycles. The van der Waals surface area contributed by atoms with Gasteiger partial charge >= 0.3 is 0 Å². The molecule has 184 valence electrons. The third-order valence-electron chi connectivity index (χ3n) is 6.27. The van der Waals surface area contributed by atoms with Gasteiger partial charge in [-0.15, -0.1) is 6.42 Å². The zero-order valence-corrected chi connectivity index (χ0v) is 20.4. The van der Waals surface area contributed by atoms with Crippen molar-refractivity contribution in [3.63, 3.8) is 0 Å². The van der Waals surface area contributed by atoms with Crippen LogP contribution in [0, 0.1) is 23.7 Å². The Morgan fingerprint density at radius 3 is 2.57 bits per heavy atom. The second-order valence-electron chi connectivity index (χ2n) is 8.49. The summed E-state index contributed by atoms with van der Waals surface area (Å²) in [5.74, 6) is 2.07. The lowest BCUT2D eigenvalue weighted by molar-refractivity contribution is 0.0559. The summed E-state index contributed by atoms with van der Waals surface area (Å²) in [6, 6.07) is 11.8. The number of amides is 1. The Hall–Kier alpha value is -4.58. The van der Waals surface area contributed by atoms with Gasteiger partial charge in [0, 0.05) is 66.5 Å². The number of carbonyl (C=O) groups is 1. The molecule has 0 aliphatic carbocycles. The maximum Gasteiger partial charge on any atom is 0.292 e. The molecule has 1 aromatic carbocycles. The van der Waals surface area contributed by atoms with Crippen LogP contribution in [0.5, 0.6) is 0 Å². The van der Waals surface area contributed by atoms with Crippen molar-refractivity contribution in [2.24, 2.45) is 0 Å².